The lowest BCUT2D eigenvalue weighted by atomic mass is 9.80. The first-order valence-electron chi connectivity index (χ1n) is 8.34. The highest BCUT2D eigenvalue weighted by Crippen LogP contribution is 2.31. The molecule has 114 valence electrons. The molecule has 1 saturated carbocycles. The van der Waals surface area contributed by atoms with E-state index in [0.717, 1.165) is 12.5 Å². The summed E-state index contributed by atoms with van der Waals surface area (Å²) in [6.07, 6.45) is 9.38. The molecule has 2 rings (SSSR count). The quantitative estimate of drug-likeness (QED) is 0.788. The molecule has 0 radical (unpaired) electrons. The molecule has 1 aromatic heterocycles. The van der Waals surface area contributed by atoms with Crippen LogP contribution in [0.3, 0.4) is 0 Å². The molecule has 0 saturated heterocycles. The summed E-state index contributed by atoms with van der Waals surface area (Å²) < 4.78 is 2.02. The van der Waals surface area contributed by atoms with Gasteiger partial charge in [-0.25, -0.2) is 0 Å². The Bertz CT molecular complexity index is 418. The zero-order valence-corrected chi connectivity index (χ0v) is 13.7. The summed E-state index contributed by atoms with van der Waals surface area (Å²) in [6, 6.07) is 0.694. The van der Waals surface area contributed by atoms with Crippen LogP contribution >= 0.6 is 0 Å². The first kappa shape index (κ1) is 15.6. The molecular formula is C17H31N3. The molecule has 0 bridgehead atoms. The molecule has 20 heavy (non-hydrogen) atoms. The highest BCUT2D eigenvalue weighted by Gasteiger charge is 2.22. The number of aromatic nitrogens is 2. The molecule has 1 unspecified atom stereocenters. The van der Waals surface area contributed by atoms with Crippen LogP contribution in [0.4, 0.5) is 0 Å². The molecule has 1 atom stereocenters. The van der Waals surface area contributed by atoms with Crippen LogP contribution in [0, 0.1) is 19.8 Å². The van der Waals surface area contributed by atoms with E-state index >= 15 is 0 Å². The lowest BCUT2D eigenvalue weighted by molar-refractivity contribution is 0.254. The van der Waals surface area contributed by atoms with Crippen molar-refractivity contribution in [3.63, 3.8) is 0 Å². The van der Waals surface area contributed by atoms with Crippen molar-refractivity contribution in [2.24, 2.45) is 13.0 Å². The Labute approximate surface area is 124 Å². The van der Waals surface area contributed by atoms with Gasteiger partial charge in [0.1, 0.15) is 0 Å². The molecule has 0 amide bonds. The molecule has 1 heterocycles. The zero-order valence-electron chi connectivity index (χ0n) is 13.7. The first-order valence-corrected chi connectivity index (χ1v) is 8.34. The predicted octanol–water partition coefficient (Wildman–Crippen LogP) is 3.53. The summed E-state index contributed by atoms with van der Waals surface area (Å²) in [5.41, 5.74) is 4.01. The lowest BCUT2D eigenvalue weighted by Crippen LogP contribution is -2.33. The maximum Gasteiger partial charge on any atom is 0.0628 e. The number of hydrogen-bond donors (Lipinski definition) is 1. The van der Waals surface area contributed by atoms with Crippen LogP contribution in [0.1, 0.15) is 62.4 Å². The summed E-state index contributed by atoms with van der Waals surface area (Å²) in [6.45, 7) is 7.74. The number of rotatable bonds is 8. The van der Waals surface area contributed by atoms with Crippen LogP contribution in [0.2, 0.25) is 0 Å². The van der Waals surface area contributed by atoms with Crippen molar-refractivity contribution in [1.29, 1.82) is 0 Å². The molecule has 1 aromatic rings. The largest absolute Gasteiger partial charge is 0.314 e. The summed E-state index contributed by atoms with van der Waals surface area (Å²) in [5.74, 6) is 0.987. The molecule has 1 fully saturated rings. The van der Waals surface area contributed by atoms with Crippen LogP contribution in [-0.2, 0) is 13.5 Å². The summed E-state index contributed by atoms with van der Waals surface area (Å²) in [7, 11) is 2.05. The summed E-state index contributed by atoms with van der Waals surface area (Å²) in [4.78, 5) is 0. The van der Waals surface area contributed by atoms with Gasteiger partial charge in [-0.15, -0.1) is 0 Å². The average Bonchev–Trinajstić information content (AvgIpc) is 2.61. The highest BCUT2D eigenvalue weighted by molar-refractivity contribution is 5.24. The standard InChI is InChI=1S/C17H31N3/c1-5-11-18-16(12-15-7-6-8-15)9-10-17-13(2)19-20(4)14(17)3/h15-16,18H,5-12H2,1-4H3. The lowest BCUT2D eigenvalue weighted by Gasteiger charge is -2.30. The predicted molar refractivity (Wildman–Crippen MR) is 85.0 cm³/mol. The summed E-state index contributed by atoms with van der Waals surface area (Å²) in [5, 5.41) is 8.29. The number of aryl methyl sites for hydroxylation is 2. The van der Waals surface area contributed by atoms with Gasteiger partial charge in [-0.3, -0.25) is 4.68 Å². The molecule has 0 aliphatic heterocycles. The van der Waals surface area contributed by atoms with Crippen molar-refractivity contribution < 1.29 is 0 Å². The van der Waals surface area contributed by atoms with E-state index in [-0.39, 0.29) is 0 Å². The molecule has 0 aromatic carbocycles. The molecule has 1 aliphatic carbocycles. The topological polar surface area (TPSA) is 29.9 Å². The SMILES string of the molecule is CCCNC(CCc1c(C)nn(C)c1C)CC1CCC1. The zero-order chi connectivity index (χ0) is 14.5. The van der Waals surface area contributed by atoms with Gasteiger partial charge >= 0.3 is 0 Å². The van der Waals surface area contributed by atoms with E-state index in [2.05, 4.69) is 31.2 Å². The van der Waals surface area contributed by atoms with E-state index in [1.165, 1.54) is 61.9 Å². The maximum absolute atomic E-state index is 4.54. The number of nitrogens with one attached hydrogen (secondary N) is 1. The second-order valence-electron chi connectivity index (χ2n) is 6.50. The smallest absolute Gasteiger partial charge is 0.0628 e. The monoisotopic (exact) mass is 277 g/mol. The Morgan fingerprint density at radius 2 is 2.10 bits per heavy atom. The van der Waals surface area contributed by atoms with Crippen molar-refractivity contribution in [3.05, 3.63) is 17.0 Å². The minimum Gasteiger partial charge on any atom is -0.314 e. The Morgan fingerprint density at radius 1 is 1.35 bits per heavy atom. The van der Waals surface area contributed by atoms with Crippen molar-refractivity contribution in [1.82, 2.24) is 15.1 Å². The molecule has 3 nitrogen and oxygen atoms in total. The van der Waals surface area contributed by atoms with Crippen LogP contribution < -0.4 is 5.32 Å². The fraction of sp³-hybridized carbons (Fsp3) is 0.824. The van der Waals surface area contributed by atoms with E-state index in [0.29, 0.717) is 6.04 Å². The Morgan fingerprint density at radius 3 is 2.60 bits per heavy atom. The van der Waals surface area contributed by atoms with Crippen molar-refractivity contribution in [3.8, 4) is 0 Å². The molecular weight excluding hydrogens is 246 g/mol. The van der Waals surface area contributed by atoms with Gasteiger partial charge in [0.2, 0.25) is 0 Å². The molecule has 0 spiro atoms. The summed E-state index contributed by atoms with van der Waals surface area (Å²) >= 11 is 0. The third-order valence-electron chi connectivity index (χ3n) is 4.93. The second-order valence-corrected chi connectivity index (χ2v) is 6.50. The van der Waals surface area contributed by atoms with Gasteiger partial charge in [-0.05, 0) is 57.6 Å². The van der Waals surface area contributed by atoms with Gasteiger partial charge in [-0.2, -0.15) is 5.10 Å². The van der Waals surface area contributed by atoms with Gasteiger partial charge in [0.15, 0.2) is 0 Å². The van der Waals surface area contributed by atoms with Gasteiger partial charge < -0.3 is 5.32 Å². The van der Waals surface area contributed by atoms with E-state index in [1.807, 2.05) is 11.7 Å². The Hall–Kier alpha value is -0.830. The Balaban J connectivity index is 1.89. The first-order chi connectivity index (χ1) is 9.61. The van der Waals surface area contributed by atoms with E-state index in [4.69, 9.17) is 0 Å². The van der Waals surface area contributed by atoms with Gasteiger partial charge in [0, 0.05) is 18.8 Å². The maximum atomic E-state index is 4.54. The van der Waals surface area contributed by atoms with Crippen LogP contribution in [0.25, 0.3) is 0 Å². The van der Waals surface area contributed by atoms with Crippen LogP contribution in [0.5, 0.6) is 0 Å². The average molecular weight is 277 g/mol. The van der Waals surface area contributed by atoms with Gasteiger partial charge in [0.25, 0.3) is 0 Å². The highest BCUT2D eigenvalue weighted by atomic mass is 15.3. The second kappa shape index (κ2) is 7.26. The minimum absolute atomic E-state index is 0.694. The van der Waals surface area contributed by atoms with Gasteiger partial charge in [0.05, 0.1) is 5.69 Å². The van der Waals surface area contributed by atoms with E-state index in [1.54, 1.807) is 0 Å². The van der Waals surface area contributed by atoms with E-state index < -0.39 is 0 Å². The van der Waals surface area contributed by atoms with Gasteiger partial charge in [-0.1, -0.05) is 26.2 Å². The third-order valence-corrected chi connectivity index (χ3v) is 4.93. The normalized spacial score (nSPS) is 17.2. The fourth-order valence-electron chi connectivity index (χ4n) is 3.28. The number of nitrogens with zero attached hydrogens (tertiary/aromatic N) is 2. The van der Waals surface area contributed by atoms with E-state index in [9.17, 15) is 0 Å². The van der Waals surface area contributed by atoms with Crippen molar-refractivity contribution in [2.75, 3.05) is 6.54 Å². The fourth-order valence-corrected chi connectivity index (χ4v) is 3.28. The molecule has 3 heteroatoms. The number of hydrogen-bond acceptors (Lipinski definition) is 2. The molecule has 1 N–H and O–H groups in total. The van der Waals surface area contributed by atoms with Crippen LogP contribution in [-0.4, -0.2) is 22.4 Å². The van der Waals surface area contributed by atoms with Crippen LogP contribution in [0.15, 0.2) is 0 Å². The van der Waals surface area contributed by atoms with Crippen molar-refractivity contribution >= 4 is 0 Å². The Kier molecular flexibility index (Phi) is 5.64. The third kappa shape index (κ3) is 3.85. The van der Waals surface area contributed by atoms with Crippen molar-refractivity contribution in [2.45, 2.75) is 71.8 Å². The minimum atomic E-state index is 0.694. The molecule has 1 aliphatic rings.